The SMILES string of the molecule is C.C.C.Cc1ccc(C)c(C)c1.Cc1cccc(C)c1.Cc1cccc(C)c1C. The fourth-order valence-electron chi connectivity index (χ4n) is 2.60. The molecule has 0 aromatic heterocycles. The molecule has 3 aromatic carbocycles. The molecule has 162 valence electrons. The molecular weight excluding hydrogens is 348 g/mol. The molecule has 0 aliphatic carbocycles. The maximum Gasteiger partial charge on any atom is -0.0392 e. The molecule has 3 rings (SSSR count). The van der Waals surface area contributed by atoms with Gasteiger partial charge in [-0.25, -0.2) is 0 Å². The highest BCUT2D eigenvalue weighted by Crippen LogP contribution is 2.10. The van der Waals surface area contributed by atoms with Gasteiger partial charge in [-0.15, -0.1) is 0 Å². The Kier molecular flexibility index (Phi) is 16.8. The van der Waals surface area contributed by atoms with Crippen LogP contribution in [0.25, 0.3) is 0 Å². The van der Waals surface area contributed by atoms with Gasteiger partial charge in [-0.1, -0.05) is 99.6 Å². The van der Waals surface area contributed by atoms with Gasteiger partial charge in [-0.2, -0.15) is 0 Å². The van der Waals surface area contributed by atoms with E-state index in [0.29, 0.717) is 0 Å². The van der Waals surface area contributed by atoms with Crippen LogP contribution in [0.3, 0.4) is 0 Å². The van der Waals surface area contributed by atoms with Crippen molar-refractivity contribution < 1.29 is 0 Å². The van der Waals surface area contributed by atoms with Gasteiger partial charge in [0.15, 0.2) is 0 Å². The van der Waals surface area contributed by atoms with Crippen LogP contribution in [0.5, 0.6) is 0 Å². The van der Waals surface area contributed by atoms with E-state index in [0.717, 1.165) is 0 Å². The Hall–Kier alpha value is -2.34. The van der Waals surface area contributed by atoms with E-state index < -0.39 is 0 Å². The number of hydrogen-bond acceptors (Lipinski definition) is 0. The average molecular weight is 395 g/mol. The Bertz CT molecular complexity index is 788. The number of benzene rings is 3. The van der Waals surface area contributed by atoms with Crippen LogP contribution in [0.4, 0.5) is 0 Å². The van der Waals surface area contributed by atoms with Crippen LogP contribution in [-0.2, 0) is 0 Å². The van der Waals surface area contributed by atoms with Crippen LogP contribution in [0.1, 0.15) is 66.8 Å². The minimum Gasteiger partial charge on any atom is -0.0776 e. The normalized spacial score (nSPS) is 8.55. The van der Waals surface area contributed by atoms with Gasteiger partial charge in [-0.05, 0) is 83.2 Å². The van der Waals surface area contributed by atoms with Gasteiger partial charge in [0, 0.05) is 0 Å². The lowest BCUT2D eigenvalue weighted by Gasteiger charge is -2.00. The second-order valence-corrected chi connectivity index (χ2v) is 7.26. The third-order valence-electron chi connectivity index (χ3n) is 4.71. The summed E-state index contributed by atoms with van der Waals surface area (Å²) in [6.45, 7) is 17.0. The third kappa shape index (κ3) is 12.0. The molecule has 0 fully saturated rings. The van der Waals surface area contributed by atoms with Gasteiger partial charge in [-0.3, -0.25) is 0 Å². The maximum atomic E-state index is 2.20. The van der Waals surface area contributed by atoms with Crippen molar-refractivity contribution in [1.82, 2.24) is 0 Å². The van der Waals surface area contributed by atoms with Crippen molar-refractivity contribution in [3.05, 3.63) is 105 Å². The fourth-order valence-corrected chi connectivity index (χ4v) is 2.60. The molecule has 29 heavy (non-hydrogen) atoms. The summed E-state index contributed by atoms with van der Waals surface area (Å²) in [5, 5.41) is 0. The summed E-state index contributed by atoms with van der Waals surface area (Å²) in [6.07, 6.45) is 0. The molecule has 0 unspecified atom stereocenters. The van der Waals surface area contributed by atoms with Crippen molar-refractivity contribution in [3.63, 3.8) is 0 Å². The van der Waals surface area contributed by atoms with E-state index in [2.05, 4.69) is 116 Å². The Balaban J connectivity index is -0.000000333. The minimum atomic E-state index is 0. The molecule has 0 amide bonds. The van der Waals surface area contributed by atoms with Crippen LogP contribution in [0, 0.1) is 55.4 Å². The Labute approximate surface area is 183 Å². The molecule has 0 spiro atoms. The topological polar surface area (TPSA) is 0 Å². The van der Waals surface area contributed by atoms with E-state index in [1.807, 2.05) is 0 Å². The van der Waals surface area contributed by atoms with Gasteiger partial charge < -0.3 is 0 Å². The maximum absolute atomic E-state index is 2.20. The third-order valence-corrected chi connectivity index (χ3v) is 4.71. The number of hydrogen-bond donors (Lipinski definition) is 0. The molecule has 0 radical (unpaired) electrons. The van der Waals surface area contributed by atoms with Gasteiger partial charge in [0.05, 0.1) is 0 Å². The molecule has 0 aliphatic heterocycles. The van der Waals surface area contributed by atoms with E-state index in [9.17, 15) is 0 Å². The van der Waals surface area contributed by atoms with Crippen molar-refractivity contribution >= 4 is 0 Å². The molecule has 0 saturated heterocycles. The molecule has 3 aromatic rings. The predicted molar refractivity (Wildman–Crippen MR) is 137 cm³/mol. The molecular formula is C29H46. The fraction of sp³-hybridized carbons (Fsp3) is 0.379. The first kappa shape index (κ1) is 31.4. The van der Waals surface area contributed by atoms with Gasteiger partial charge in [0.2, 0.25) is 0 Å². The van der Waals surface area contributed by atoms with Crippen molar-refractivity contribution in [2.75, 3.05) is 0 Å². The second kappa shape index (κ2) is 15.6. The lowest BCUT2D eigenvalue weighted by Crippen LogP contribution is -1.82. The van der Waals surface area contributed by atoms with Crippen molar-refractivity contribution in [2.24, 2.45) is 0 Å². The van der Waals surface area contributed by atoms with Crippen LogP contribution in [0.15, 0.2) is 60.7 Å². The zero-order valence-electron chi connectivity index (χ0n) is 17.8. The first-order chi connectivity index (χ1) is 12.2. The van der Waals surface area contributed by atoms with E-state index >= 15 is 0 Å². The monoisotopic (exact) mass is 394 g/mol. The molecule has 0 heterocycles. The number of aryl methyl sites for hydroxylation is 7. The van der Waals surface area contributed by atoms with E-state index in [1.54, 1.807) is 0 Å². The quantitative estimate of drug-likeness (QED) is 0.356. The van der Waals surface area contributed by atoms with Gasteiger partial charge >= 0.3 is 0 Å². The first-order valence-corrected chi connectivity index (χ1v) is 9.30. The largest absolute Gasteiger partial charge is 0.0776 e. The zero-order valence-corrected chi connectivity index (χ0v) is 17.8. The Morgan fingerprint density at radius 3 is 1.10 bits per heavy atom. The molecule has 0 heteroatoms. The predicted octanol–water partition coefficient (Wildman–Crippen LogP) is 9.44. The van der Waals surface area contributed by atoms with Crippen molar-refractivity contribution in [1.29, 1.82) is 0 Å². The summed E-state index contributed by atoms with van der Waals surface area (Å²) in [6, 6.07) is 21.3. The Morgan fingerprint density at radius 1 is 0.379 bits per heavy atom. The molecule has 0 aliphatic rings. The number of rotatable bonds is 0. The summed E-state index contributed by atoms with van der Waals surface area (Å²) in [4.78, 5) is 0. The standard InChI is InChI=1S/2C9H12.C8H10.3CH4/c1-7-4-5-8(2)9(3)6-7;1-7-5-4-6-8(2)9(7)3;1-7-4-3-5-8(2)6-7;;;/h2*4-6H,1-3H3;3-6H,1-2H3;3*1H4. The van der Waals surface area contributed by atoms with E-state index in [1.165, 1.54) is 44.5 Å². The first-order valence-electron chi connectivity index (χ1n) is 9.30. The summed E-state index contributed by atoms with van der Waals surface area (Å²) in [7, 11) is 0. The molecule has 0 N–H and O–H groups in total. The van der Waals surface area contributed by atoms with Crippen LogP contribution in [-0.4, -0.2) is 0 Å². The minimum absolute atomic E-state index is 0. The Morgan fingerprint density at radius 2 is 0.793 bits per heavy atom. The van der Waals surface area contributed by atoms with Crippen molar-refractivity contribution in [3.8, 4) is 0 Å². The zero-order chi connectivity index (χ0) is 19.7. The molecule has 0 saturated carbocycles. The summed E-state index contributed by atoms with van der Waals surface area (Å²) >= 11 is 0. The molecule has 0 nitrogen and oxygen atoms in total. The molecule has 0 bridgehead atoms. The van der Waals surface area contributed by atoms with Crippen LogP contribution in [0.2, 0.25) is 0 Å². The second-order valence-electron chi connectivity index (χ2n) is 7.26. The van der Waals surface area contributed by atoms with E-state index in [4.69, 9.17) is 0 Å². The van der Waals surface area contributed by atoms with Crippen LogP contribution < -0.4 is 0 Å². The van der Waals surface area contributed by atoms with E-state index in [-0.39, 0.29) is 22.3 Å². The van der Waals surface area contributed by atoms with Crippen molar-refractivity contribution in [2.45, 2.75) is 77.7 Å². The highest BCUT2D eigenvalue weighted by Gasteiger charge is 1.92. The van der Waals surface area contributed by atoms with Gasteiger partial charge in [0.1, 0.15) is 0 Å². The smallest absolute Gasteiger partial charge is 0.0392 e. The highest BCUT2D eigenvalue weighted by molar-refractivity contribution is 5.31. The molecule has 0 atom stereocenters. The lowest BCUT2D eigenvalue weighted by molar-refractivity contribution is 1.27. The summed E-state index contributed by atoms with van der Waals surface area (Å²) in [5.41, 5.74) is 11.0. The summed E-state index contributed by atoms with van der Waals surface area (Å²) < 4.78 is 0. The average Bonchev–Trinajstić information content (AvgIpc) is 2.57. The lowest BCUT2D eigenvalue weighted by atomic mass is 10.1. The summed E-state index contributed by atoms with van der Waals surface area (Å²) in [5.74, 6) is 0. The van der Waals surface area contributed by atoms with Gasteiger partial charge in [0.25, 0.3) is 0 Å². The highest BCUT2D eigenvalue weighted by atomic mass is 14.0. The van der Waals surface area contributed by atoms with Crippen LogP contribution >= 0.6 is 0 Å².